The summed E-state index contributed by atoms with van der Waals surface area (Å²) >= 11 is 0. The number of benzene rings is 3. The average molecular weight is 401 g/mol. The van der Waals surface area contributed by atoms with Gasteiger partial charge in [0.2, 0.25) is 0 Å². The van der Waals surface area contributed by atoms with Crippen LogP contribution >= 0.6 is 0 Å². The van der Waals surface area contributed by atoms with Crippen LogP contribution in [-0.4, -0.2) is 34.0 Å². The van der Waals surface area contributed by atoms with Crippen LogP contribution in [0, 0.1) is 6.92 Å². The van der Waals surface area contributed by atoms with Gasteiger partial charge in [0, 0.05) is 0 Å². The number of anilines is 1. The molecule has 3 aromatic carbocycles. The molecule has 1 aliphatic rings. The number of fused-ring (bicyclic) bond motifs is 1. The number of aryl methyl sites for hydroxylation is 1. The summed E-state index contributed by atoms with van der Waals surface area (Å²) in [6.07, 6.45) is 0. The number of nitrogens with zero attached hydrogens (tertiary/aromatic N) is 1. The highest BCUT2D eigenvalue weighted by Gasteiger charge is 2.39. The van der Waals surface area contributed by atoms with Crippen molar-refractivity contribution in [2.45, 2.75) is 6.92 Å². The van der Waals surface area contributed by atoms with Crippen LogP contribution in [-0.2, 0) is 0 Å². The van der Waals surface area contributed by atoms with Crippen LogP contribution in [0.5, 0.6) is 0 Å². The summed E-state index contributed by atoms with van der Waals surface area (Å²) < 4.78 is 0. The maximum atomic E-state index is 13.0. The van der Waals surface area contributed by atoms with E-state index in [1.54, 1.807) is 6.07 Å². The molecule has 0 saturated heterocycles. The number of hydrogen-bond donors (Lipinski definition) is 2. The topological polar surface area (TPSA) is 112 Å². The Morgan fingerprint density at radius 1 is 0.733 bits per heavy atom. The highest BCUT2D eigenvalue weighted by atomic mass is 16.4. The molecule has 7 nitrogen and oxygen atoms in total. The molecule has 0 spiro atoms. The van der Waals surface area contributed by atoms with Crippen molar-refractivity contribution in [3.05, 3.63) is 88.5 Å². The first-order chi connectivity index (χ1) is 14.3. The molecule has 3 aromatic rings. The maximum absolute atomic E-state index is 13.0. The molecule has 0 aromatic heterocycles. The van der Waals surface area contributed by atoms with Crippen LogP contribution in [0.3, 0.4) is 0 Å². The van der Waals surface area contributed by atoms with E-state index in [1.165, 1.54) is 24.3 Å². The monoisotopic (exact) mass is 401 g/mol. The summed E-state index contributed by atoms with van der Waals surface area (Å²) in [4.78, 5) is 49.7. The second kappa shape index (κ2) is 6.97. The van der Waals surface area contributed by atoms with Crippen LogP contribution in [0.25, 0.3) is 11.1 Å². The van der Waals surface area contributed by atoms with Gasteiger partial charge in [-0.3, -0.25) is 9.59 Å². The van der Waals surface area contributed by atoms with Crippen molar-refractivity contribution in [1.82, 2.24) is 0 Å². The van der Waals surface area contributed by atoms with E-state index in [-0.39, 0.29) is 27.9 Å². The van der Waals surface area contributed by atoms with E-state index in [2.05, 4.69) is 0 Å². The van der Waals surface area contributed by atoms with Gasteiger partial charge in [0.25, 0.3) is 11.8 Å². The molecule has 0 saturated carbocycles. The lowest BCUT2D eigenvalue weighted by molar-refractivity contribution is 0.0686. The lowest BCUT2D eigenvalue weighted by atomic mass is 10.0. The molecule has 0 radical (unpaired) electrons. The van der Waals surface area contributed by atoms with E-state index >= 15 is 0 Å². The summed E-state index contributed by atoms with van der Waals surface area (Å²) in [6, 6.07) is 15.6. The minimum absolute atomic E-state index is 0.0297. The van der Waals surface area contributed by atoms with Gasteiger partial charge in [0.1, 0.15) is 0 Å². The van der Waals surface area contributed by atoms with Crippen molar-refractivity contribution >= 4 is 29.4 Å². The first-order valence-electron chi connectivity index (χ1n) is 8.98. The number of hydrogen-bond acceptors (Lipinski definition) is 4. The minimum atomic E-state index is -1.29. The zero-order chi connectivity index (χ0) is 21.6. The van der Waals surface area contributed by atoms with Gasteiger partial charge in [-0.2, -0.15) is 0 Å². The lowest BCUT2D eigenvalue weighted by Crippen LogP contribution is -2.31. The van der Waals surface area contributed by atoms with Gasteiger partial charge in [0.15, 0.2) is 0 Å². The van der Waals surface area contributed by atoms with Gasteiger partial charge in [-0.05, 0) is 48.4 Å². The van der Waals surface area contributed by atoms with Crippen LogP contribution in [0.2, 0.25) is 0 Å². The van der Waals surface area contributed by atoms with Crippen molar-refractivity contribution in [1.29, 1.82) is 0 Å². The Bertz CT molecular complexity index is 1240. The second-order valence-electron chi connectivity index (χ2n) is 6.91. The quantitative estimate of drug-likeness (QED) is 0.642. The van der Waals surface area contributed by atoms with E-state index in [4.69, 9.17) is 5.11 Å². The summed E-state index contributed by atoms with van der Waals surface area (Å²) in [5.74, 6) is -3.98. The van der Waals surface area contributed by atoms with Crippen molar-refractivity contribution in [2.75, 3.05) is 4.90 Å². The Balaban J connectivity index is 1.86. The Labute approximate surface area is 170 Å². The molecule has 1 heterocycles. The third-order valence-electron chi connectivity index (χ3n) is 4.99. The van der Waals surface area contributed by atoms with Crippen LogP contribution in [0.4, 0.5) is 5.69 Å². The summed E-state index contributed by atoms with van der Waals surface area (Å²) in [5.41, 5.74) is 2.03. The normalized spacial score (nSPS) is 12.8. The van der Waals surface area contributed by atoms with Crippen LogP contribution in [0.15, 0.2) is 60.7 Å². The smallest absolute Gasteiger partial charge is 0.337 e. The highest BCUT2D eigenvalue weighted by Crippen LogP contribution is 2.34. The van der Waals surface area contributed by atoms with E-state index in [1.807, 2.05) is 31.2 Å². The van der Waals surface area contributed by atoms with E-state index in [9.17, 15) is 24.3 Å². The predicted octanol–water partition coefficient (Wildman–Crippen LogP) is 3.86. The standard InChI is InChI=1S/C23H15NO6/c1-12-2-4-13(5-3-12)14-6-9-17(23(29)30)19(11-14)24-20(25)16-8-7-15(22(27)28)10-18(16)21(24)26/h2-11H,1H3,(H,27,28)(H,29,30). The molecule has 0 aliphatic carbocycles. The molecule has 148 valence electrons. The zero-order valence-corrected chi connectivity index (χ0v) is 15.7. The molecular weight excluding hydrogens is 386 g/mol. The number of imide groups is 1. The van der Waals surface area contributed by atoms with Crippen molar-refractivity contribution < 1.29 is 29.4 Å². The van der Waals surface area contributed by atoms with Gasteiger partial charge < -0.3 is 10.2 Å². The molecule has 1 aliphatic heterocycles. The third kappa shape index (κ3) is 3.02. The fraction of sp³-hybridized carbons (Fsp3) is 0.0435. The number of amides is 2. The average Bonchev–Trinajstić information content (AvgIpc) is 2.97. The molecule has 2 amide bonds. The fourth-order valence-electron chi connectivity index (χ4n) is 3.42. The summed E-state index contributed by atoms with van der Waals surface area (Å²) in [7, 11) is 0. The Kier molecular flexibility index (Phi) is 4.43. The number of rotatable bonds is 4. The minimum Gasteiger partial charge on any atom is -0.478 e. The molecular formula is C23H15NO6. The third-order valence-corrected chi connectivity index (χ3v) is 4.99. The molecule has 2 N–H and O–H groups in total. The van der Waals surface area contributed by atoms with Gasteiger partial charge in [0.05, 0.1) is 27.9 Å². The van der Waals surface area contributed by atoms with E-state index in [0.29, 0.717) is 5.56 Å². The lowest BCUT2D eigenvalue weighted by Gasteiger charge is -2.18. The number of carbonyl (C=O) groups is 4. The van der Waals surface area contributed by atoms with Crippen LogP contribution < -0.4 is 4.90 Å². The Hall–Kier alpha value is -4.26. The number of aromatic carboxylic acids is 2. The number of carboxylic acids is 2. The first-order valence-corrected chi connectivity index (χ1v) is 8.98. The molecule has 0 unspecified atom stereocenters. The first kappa shape index (κ1) is 19.1. The Morgan fingerprint density at radius 3 is 2.00 bits per heavy atom. The van der Waals surface area contributed by atoms with Gasteiger partial charge >= 0.3 is 11.9 Å². The van der Waals surface area contributed by atoms with Gasteiger partial charge in [-0.25, -0.2) is 14.5 Å². The number of carbonyl (C=O) groups excluding carboxylic acids is 2. The Morgan fingerprint density at radius 2 is 1.37 bits per heavy atom. The summed E-state index contributed by atoms with van der Waals surface area (Å²) in [5, 5.41) is 18.8. The number of carboxylic acid groups (broad SMARTS) is 2. The fourth-order valence-corrected chi connectivity index (χ4v) is 3.42. The summed E-state index contributed by atoms with van der Waals surface area (Å²) in [6.45, 7) is 1.94. The predicted molar refractivity (Wildman–Crippen MR) is 108 cm³/mol. The largest absolute Gasteiger partial charge is 0.478 e. The maximum Gasteiger partial charge on any atom is 0.337 e. The molecule has 0 fully saturated rings. The van der Waals surface area contributed by atoms with Crippen molar-refractivity contribution in [3.8, 4) is 11.1 Å². The van der Waals surface area contributed by atoms with Gasteiger partial charge in [-0.15, -0.1) is 0 Å². The van der Waals surface area contributed by atoms with Crippen LogP contribution in [0.1, 0.15) is 47.0 Å². The molecule has 7 heteroatoms. The van der Waals surface area contributed by atoms with E-state index < -0.39 is 23.8 Å². The van der Waals surface area contributed by atoms with Crippen molar-refractivity contribution in [3.63, 3.8) is 0 Å². The second-order valence-corrected chi connectivity index (χ2v) is 6.91. The molecule has 0 atom stereocenters. The highest BCUT2D eigenvalue weighted by molar-refractivity contribution is 6.35. The van der Waals surface area contributed by atoms with E-state index in [0.717, 1.165) is 22.1 Å². The zero-order valence-electron chi connectivity index (χ0n) is 15.7. The molecule has 30 heavy (non-hydrogen) atoms. The van der Waals surface area contributed by atoms with Crippen molar-refractivity contribution in [2.24, 2.45) is 0 Å². The molecule has 0 bridgehead atoms. The SMILES string of the molecule is Cc1ccc(-c2ccc(C(=O)O)c(N3C(=O)c4ccc(C(=O)O)cc4C3=O)c2)cc1. The molecule has 4 rings (SSSR count). The van der Waals surface area contributed by atoms with Gasteiger partial charge in [-0.1, -0.05) is 35.9 Å².